The third kappa shape index (κ3) is 3.05. The predicted octanol–water partition coefficient (Wildman–Crippen LogP) is 5.31. The fourth-order valence-corrected chi connectivity index (χ4v) is 2.50. The van der Waals surface area contributed by atoms with E-state index >= 15 is 0 Å². The van der Waals surface area contributed by atoms with Crippen molar-refractivity contribution in [1.29, 1.82) is 0 Å². The van der Waals surface area contributed by atoms with Gasteiger partial charge in [0.15, 0.2) is 0 Å². The van der Waals surface area contributed by atoms with Gasteiger partial charge in [-0.3, -0.25) is 0 Å². The van der Waals surface area contributed by atoms with Crippen LogP contribution < -0.4 is 4.74 Å². The highest BCUT2D eigenvalue weighted by Crippen LogP contribution is 2.30. The Bertz CT molecular complexity index is 781. The maximum absolute atomic E-state index is 5.98. The number of aromatic nitrogens is 2. The van der Waals surface area contributed by atoms with Gasteiger partial charge in [-0.15, -0.1) is 0 Å². The summed E-state index contributed by atoms with van der Waals surface area (Å²) in [4.78, 5) is 8.83. The van der Waals surface area contributed by atoms with E-state index in [0.29, 0.717) is 5.88 Å². The fourth-order valence-electron chi connectivity index (χ4n) is 2.12. The molecule has 0 bridgehead atoms. The summed E-state index contributed by atoms with van der Waals surface area (Å²) in [6.07, 6.45) is 0. The summed E-state index contributed by atoms with van der Waals surface area (Å²) in [6, 6.07) is 15.9. The Morgan fingerprint density at radius 3 is 2.57 bits per heavy atom. The Hall–Kier alpha value is -1.94. The summed E-state index contributed by atoms with van der Waals surface area (Å²) in [5, 5.41) is 2.22. The van der Waals surface area contributed by atoms with Crippen molar-refractivity contribution in [2.75, 3.05) is 0 Å². The molecule has 3 aromatic rings. The van der Waals surface area contributed by atoms with Crippen LogP contribution in [-0.2, 0) is 0 Å². The second kappa shape index (κ2) is 5.82. The molecule has 1 aromatic heterocycles. The van der Waals surface area contributed by atoms with Crippen LogP contribution in [0.1, 0.15) is 25.6 Å². The van der Waals surface area contributed by atoms with Crippen molar-refractivity contribution in [3.05, 3.63) is 59.0 Å². The highest BCUT2D eigenvalue weighted by atomic mass is 79.9. The second-order valence-corrected chi connectivity index (χ2v) is 5.93. The van der Waals surface area contributed by atoms with Crippen molar-refractivity contribution in [2.45, 2.75) is 19.8 Å². The quantitative estimate of drug-likeness (QED) is 0.605. The van der Waals surface area contributed by atoms with Crippen LogP contribution in [0.5, 0.6) is 11.6 Å². The average Bonchev–Trinajstić information content (AvgIpc) is 2.47. The molecule has 0 aliphatic carbocycles. The van der Waals surface area contributed by atoms with Crippen LogP contribution in [0.25, 0.3) is 10.8 Å². The molecule has 106 valence electrons. The Labute approximate surface area is 132 Å². The van der Waals surface area contributed by atoms with Crippen molar-refractivity contribution in [1.82, 2.24) is 9.97 Å². The molecule has 0 spiro atoms. The molecule has 0 radical (unpaired) electrons. The molecule has 3 rings (SSSR count). The zero-order chi connectivity index (χ0) is 14.8. The Kier molecular flexibility index (Phi) is 3.88. The zero-order valence-corrected chi connectivity index (χ0v) is 13.5. The van der Waals surface area contributed by atoms with Crippen molar-refractivity contribution < 1.29 is 4.74 Å². The Balaban J connectivity index is 2.03. The molecular formula is C17H15BrN2O. The number of hydrogen-bond acceptors (Lipinski definition) is 3. The van der Waals surface area contributed by atoms with Gasteiger partial charge in [-0.05, 0) is 27.4 Å². The number of ether oxygens (including phenoxy) is 1. The van der Waals surface area contributed by atoms with E-state index in [1.165, 1.54) is 0 Å². The molecule has 0 aliphatic rings. The monoisotopic (exact) mass is 342 g/mol. The zero-order valence-electron chi connectivity index (χ0n) is 11.9. The van der Waals surface area contributed by atoms with Crippen molar-refractivity contribution in [3.8, 4) is 11.6 Å². The topological polar surface area (TPSA) is 35.0 Å². The predicted molar refractivity (Wildman–Crippen MR) is 87.8 cm³/mol. The molecule has 0 unspecified atom stereocenters. The highest BCUT2D eigenvalue weighted by Gasteiger charge is 2.09. The number of halogens is 1. The summed E-state index contributed by atoms with van der Waals surface area (Å²) in [6.45, 7) is 4.12. The second-order valence-electron chi connectivity index (χ2n) is 5.12. The molecule has 0 saturated carbocycles. The first kappa shape index (κ1) is 14.0. The molecule has 3 nitrogen and oxygen atoms in total. The summed E-state index contributed by atoms with van der Waals surface area (Å²) in [7, 11) is 0. The Morgan fingerprint density at radius 1 is 1.00 bits per heavy atom. The summed E-state index contributed by atoms with van der Waals surface area (Å²) in [5.41, 5.74) is 0. The largest absolute Gasteiger partial charge is 0.438 e. The van der Waals surface area contributed by atoms with Crippen LogP contribution in [0.3, 0.4) is 0 Å². The molecule has 0 fully saturated rings. The van der Waals surface area contributed by atoms with Crippen molar-refractivity contribution >= 4 is 26.7 Å². The lowest BCUT2D eigenvalue weighted by Crippen LogP contribution is -2.00. The number of rotatable bonds is 3. The van der Waals surface area contributed by atoms with Gasteiger partial charge in [-0.2, -0.15) is 4.98 Å². The standard InChI is InChI=1S/C17H15BrN2O/c1-11(2)17-19-15(18)10-16(20-17)21-14-9-5-7-12-6-3-4-8-13(12)14/h3-11H,1-2H3. The lowest BCUT2D eigenvalue weighted by atomic mass is 10.1. The molecule has 0 atom stereocenters. The molecule has 0 saturated heterocycles. The molecular weight excluding hydrogens is 328 g/mol. The average molecular weight is 343 g/mol. The summed E-state index contributed by atoms with van der Waals surface area (Å²) in [5.74, 6) is 2.36. The molecule has 0 N–H and O–H groups in total. The van der Waals surface area contributed by atoms with E-state index in [-0.39, 0.29) is 5.92 Å². The van der Waals surface area contributed by atoms with Crippen molar-refractivity contribution in [3.63, 3.8) is 0 Å². The van der Waals surface area contributed by atoms with Crippen LogP contribution in [0.15, 0.2) is 53.1 Å². The maximum Gasteiger partial charge on any atom is 0.223 e. The van der Waals surface area contributed by atoms with Gasteiger partial charge in [0.1, 0.15) is 16.2 Å². The van der Waals surface area contributed by atoms with E-state index in [2.05, 4.69) is 51.9 Å². The number of fused-ring (bicyclic) bond motifs is 1. The van der Waals surface area contributed by atoms with Gasteiger partial charge in [0.25, 0.3) is 0 Å². The Morgan fingerprint density at radius 2 is 1.76 bits per heavy atom. The number of nitrogens with zero attached hydrogens (tertiary/aromatic N) is 2. The van der Waals surface area contributed by atoms with E-state index < -0.39 is 0 Å². The van der Waals surface area contributed by atoms with Gasteiger partial charge in [-0.25, -0.2) is 4.98 Å². The van der Waals surface area contributed by atoms with Gasteiger partial charge in [-0.1, -0.05) is 50.2 Å². The first-order valence-corrected chi connectivity index (χ1v) is 7.63. The molecule has 0 aliphatic heterocycles. The highest BCUT2D eigenvalue weighted by molar-refractivity contribution is 9.10. The fraction of sp³-hybridized carbons (Fsp3) is 0.176. The molecule has 1 heterocycles. The summed E-state index contributed by atoms with van der Waals surface area (Å²) >= 11 is 3.41. The third-order valence-electron chi connectivity index (χ3n) is 3.17. The van der Waals surface area contributed by atoms with Crippen LogP contribution in [0.4, 0.5) is 0 Å². The van der Waals surface area contributed by atoms with Gasteiger partial charge in [0, 0.05) is 17.4 Å². The van der Waals surface area contributed by atoms with Crippen LogP contribution >= 0.6 is 15.9 Å². The summed E-state index contributed by atoms with van der Waals surface area (Å²) < 4.78 is 6.71. The van der Waals surface area contributed by atoms with E-state index in [9.17, 15) is 0 Å². The van der Waals surface area contributed by atoms with Crippen LogP contribution in [0.2, 0.25) is 0 Å². The first-order valence-electron chi connectivity index (χ1n) is 6.83. The minimum absolute atomic E-state index is 0.248. The van der Waals surface area contributed by atoms with E-state index in [0.717, 1.165) is 26.9 Å². The van der Waals surface area contributed by atoms with Gasteiger partial charge >= 0.3 is 0 Å². The number of hydrogen-bond donors (Lipinski definition) is 0. The third-order valence-corrected chi connectivity index (χ3v) is 3.58. The lowest BCUT2D eigenvalue weighted by molar-refractivity contribution is 0.461. The molecule has 4 heteroatoms. The van der Waals surface area contributed by atoms with Crippen molar-refractivity contribution in [2.24, 2.45) is 0 Å². The van der Waals surface area contributed by atoms with Crippen LogP contribution in [-0.4, -0.2) is 9.97 Å². The smallest absolute Gasteiger partial charge is 0.223 e. The molecule has 21 heavy (non-hydrogen) atoms. The molecule has 2 aromatic carbocycles. The van der Waals surface area contributed by atoms with E-state index in [1.807, 2.05) is 30.3 Å². The normalized spacial score (nSPS) is 11.0. The van der Waals surface area contributed by atoms with Gasteiger partial charge < -0.3 is 4.74 Å². The van der Waals surface area contributed by atoms with Gasteiger partial charge in [0.2, 0.25) is 5.88 Å². The maximum atomic E-state index is 5.98. The van der Waals surface area contributed by atoms with E-state index in [4.69, 9.17) is 4.74 Å². The van der Waals surface area contributed by atoms with Crippen LogP contribution in [0, 0.1) is 0 Å². The number of benzene rings is 2. The SMILES string of the molecule is CC(C)c1nc(Br)cc(Oc2cccc3ccccc23)n1. The first-order chi connectivity index (χ1) is 10.1. The minimum atomic E-state index is 0.248. The lowest BCUT2D eigenvalue weighted by Gasteiger charge is -2.10. The molecule has 0 amide bonds. The minimum Gasteiger partial charge on any atom is -0.438 e. The van der Waals surface area contributed by atoms with E-state index in [1.54, 1.807) is 6.07 Å². The van der Waals surface area contributed by atoms with Gasteiger partial charge in [0.05, 0.1) is 0 Å².